The van der Waals surface area contributed by atoms with E-state index in [1.807, 2.05) is 5.38 Å². The van der Waals surface area contributed by atoms with Gasteiger partial charge < -0.3 is 15.4 Å². The molecule has 0 unspecified atom stereocenters. The first-order valence-corrected chi connectivity index (χ1v) is 7.18. The van der Waals surface area contributed by atoms with Crippen LogP contribution in [-0.2, 0) is 5.54 Å². The molecule has 0 aliphatic heterocycles. The average molecular weight is 291 g/mol. The summed E-state index contributed by atoms with van der Waals surface area (Å²) in [4.78, 5) is 30.0. The molecule has 3 rings (SSSR count). The number of amides is 1. The molecule has 2 aromatic rings. The highest BCUT2D eigenvalue weighted by Gasteiger charge is 2.43. The van der Waals surface area contributed by atoms with Crippen LogP contribution in [0, 0.1) is 0 Å². The van der Waals surface area contributed by atoms with Gasteiger partial charge in [-0.15, -0.1) is 0 Å². The normalized spacial score (nSPS) is 16.4. The zero-order chi connectivity index (χ0) is 14.2. The Balaban J connectivity index is 1.83. The Morgan fingerprint density at radius 3 is 2.75 bits per heavy atom. The predicted octanol–water partition coefficient (Wildman–Crippen LogP) is 1.98. The number of carbonyl (C=O) groups is 2. The molecule has 0 atom stereocenters. The van der Waals surface area contributed by atoms with Crippen molar-refractivity contribution < 1.29 is 14.7 Å². The zero-order valence-corrected chi connectivity index (χ0v) is 11.4. The van der Waals surface area contributed by atoms with Gasteiger partial charge in [0, 0.05) is 5.38 Å². The van der Waals surface area contributed by atoms with E-state index in [4.69, 9.17) is 5.11 Å². The number of carbonyl (C=O) groups excluding carboxylic acids is 1. The molecule has 1 saturated carbocycles. The van der Waals surface area contributed by atoms with Gasteiger partial charge >= 0.3 is 5.97 Å². The Morgan fingerprint density at radius 2 is 2.25 bits per heavy atom. The van der Waals surface area contributed by atoms with Gasteiger partial charge in [0.2, 0.25) is 0 Å². The molecular formula is C13H13N3O3S. The number of hydrogen-bond acceptors (Lipinski definition) is 4. The van der Waals surface area contributed by atoms with E-state index in [0.717, 1.165) is 19.3 Å². The number of aromatic nitrogens is 2. The summed E-state index contributed by atoms with van der Waals surface area (Å²) in [6.07, 6.45) is 3.78. The highest BCUT2D eigenvalue weighted by molar-refractivity contribution is 7.08. The van der Waals surface area contributed by atoms with Crippen molar-refractivity contribution in [3.8, 4) is 0 Å². The molecule has 2 aromatic heterocycles. The fourth-order valence-corrected chi connectivity index (χ4v) is 2.94. The maximum Gasteiger partial charge on any atom is 0.353 e. The van der Waals surface area contributed by atoms with E-state index in [-0.39, 0.29) is 11.6 Å². The quantitative estimate of drug-likeness (QED) is 0.802. The molecule has 6 nitrogen and oxygen atoms in total. The first kappa shape index (κ1) is 12.9. The van der Waals surface area contributed by atoms with Gasteiger partial charge in [0.15, 0.2) is 0 Å². The fourth-order valence-electron chi connectivity index (χ4n) is 2.31. The maximum absolute atomic E-state index is 12.2. The third kappa shape index (κ3) is 2.09. The Hall–Kier alpha value is -2.15. The van der Waals surface area contributed by atoms with Crippen molar-refractivity contribution >= 4 is 23.2 Å². The summed E-state index contributed by atoms with van der Waals surface area (Å²) in [5.41, 5.74) is 0.0922. The van der Waals surface area contributed by atoms with Crippen molar-refractivity contribution in [2.75, 3.05) is 0 Å². The molecule has 0 aromatic carbocycles. The second kappa shape index (κ2) is 4.75. The Morgan fingerprint density at radius 1 is 1.45 bits per heavy atom. The number of aromatic amines is 1. The highest BCUT2D eigenvalue weighted by atomic mass is 32.1. The average Bonchev–Trinajstić information content (AvgIpc) is 3.03. The van der Waals surface area contributed by atoms with Crippen LogP contribution in [-0.4, -0.2) is 27.0 Å². The van der Waals surface area contributed by atoms with Gasteiger partial charge in [-0.1, -0.05) is 0 Å². The smallest absolute Gasteiger partial charge is 0.353 e. The molecule has 0 radical (unpaired) electrons. The number of carboxylic acid groups (broad SMARTS) is 1. The van der Waals surface area contributed by atoms with Crippen LogP contribution in [0.1, 0.15) is 45.9 Å². The molecule has 1 aliphatic carbocycles. The zero-order valence-electron chi connectivity index (χ0n) is 10.5. The molecule has 1 amide bonds. The second-order valence-corrected chi connectivity index (χ2v) is 5.63. The van der Waals surface area contributed by atoms with Crippen LogP contribution in [0.4, 0.5) is 0 Å². The number of imidazole rings is 1. The summed E-state index contributed by atoms with van der Waals surface area (Å²) in [5, 5.41) is 15.5. The van der Waals surface area contributed by atoms with Gasteiger partial charge in [0.1, 0.15) is 11.5 Å². The van der Waals surface area contributed by atoms with E-state index >= 15 is 0 Å². The van der Waals surface area contributed by atoms with E-state index in [1.54, 1.807) is 11.4 Å². The number of nitrogens with zero attached hydrogens (tertiary/aromatic N) is 1. The minimum atomic E-state index is -1.05. The first-order chi connectivity index (χ1) is 9.61. The Kier molecular flexibility index (Phi) is 3.06. The largest absolute Gasteiger partial charge is 0.477 e. The summed E-state index contributed by atoms with van der Waals surface area (Å²) in [5.74, 6) is -0.689. The van der Waals surface area contributed by atoms with Crippen LogP contribution in [0.2, 0.25) is 0 Å². The minimum absolute atomic E-state index is 0.0380. The van der Waals surface area contributed by atoms with Crippen LogP contribution in [0.5, 0.6) is 0 Å². The highest BCUT2D eigenvalue weighted by Crippen LogP contribution is 2.40. The van der Waals surface area contributed by atoms with Crippen LogP contribution in [0.15, 0.2) is 23.0 Å². The topological polar surface area (TPSA) is 95.1 Å². The lowest BCUT2D eigenvalue weighted by Crippen LogP contribution is -2.51. The van der Waals surface area contributed by atoms with E-state index in [0.29, 0.717) is 11.4 Å². The lowest BCUT2D eigenvalue weighted by atomic mass is 9.76. The van der Waals surface area contributed by atoms with E-state index in [9.17, 15) is 9.59 Å². The summed E-state index contributed by atoms with van der Waals surface area (Å²) in [6.45, 7) is 0. The van der Waals surface area contributed by atoms with E-state index in [2.05, 4.69) is 15.3 Å². The number of nitrogens with one attached hydrogen (secondary N) is 2. The SMILES string of the molecule is O=C(NC1(c2ncc(C(=O)O)[nH]2)CCC1)c1ccsc1. The van der Waals surface area contributed by atoms with Crippen molar-refractivity contribution in [3.63, 3.8) is 0 Å². The number of thiophene rings is 1. The lowest BCUT2D eigenvalue weighted by Gasteiger charge is -2.40. The molecule has 0 bridgehead atoms. The molecule has 0 saturated heterocycles. The maximum atomic E-state index is 12.2. The third-order valence-electron chi connectivity index (χ3n) is 3.60. The summed E-state index contributed by atoms with van der Waals surface area (Å²) in [7, 11) is 0. The second-order valence-electron chi connectivity index (χ2n) is 4.85. The standard InChI is InChI=1S/C13H13N3O3S/c17-10(8-2-5-20-7-8)16-13(3-1-4-13)12-14-6-9(15-12)11(18)19/h2,5-7H,1,3-4H2,(H,14,15)(H,16,17)(H,18,19). The molecule has 1 aliphatic rings. The van der Waals surface area contributed by atoms with Crippen molar-refractivity contribution in [1.82, 2.24) is 15.3 Å². The number of carboxylic acids is 1. The molecule has 1 fully saturated rings. The van der Waals surface area contributed by atoms with Crippen molar-refractivity contribution in [2.24, 2.45) is 0 Å². The van der Waals surface area contributed by atoms with Gasteiger partial charge in [-0.25, -0.2) is 9.78 Å². The Labute approximate surface area is 118 Å². The summed E-state index contributed by atoms with van der Waals surface area (Å²) in [6, 6.07) is 1.76. The Bertz CT molecular complexity index is 644. The molecular weight excluding hydrogens is 278 g/mol. The minimum Gasteiger partial charge on any atom is -0.477 e. The molecule has 104 valence electrons. The number of hydrogen-bond donors (Lipinski definition) is 3. The first-order valence-electron chi connectivity index (χ1n) is 6.24. The predicted molar refractivity (Wildman–Crippen MR) is 72.9 cm³/mol. The fraction of sp³-hybridized carbons (Fsp3) is 0.308. The number of rotatable bonds is 4. The van der Waals surface area contributed by atoms with Crippen molar-refractivity contribution in [3.05, 3.63) is 40.1 Å². The van der Waals surface area contributed by atoms with Gasteiger partial charge in [-0.05, 0) is 30.7 Å². The van der Waals surface area contributed by atoms with E-state index in [1.165, 1.54) is 17.5 Å². The van der Waals surface area contributed by atoms with E-state index < -0.39 is 11.5 Å². The van der Waals surface area contributed by atoms with Crippen LogP contribution < -0.4 is 5.32 Å². The molecule has 7 heteroatoms. The van der Waals surface area contributed by atoms with Crippen molar-refractivity contribution in [1.29, 1.82) is 0 Å². The van der Waals surface area contributed by atoms with Gasteiger partial charge in [-0.2, -0.15) is 11.3 Å². The van der Waals surface area contributed by atoms with Crippen molar-refractivity contribution in [2.45, 2.75) is 24.8 Å². The lowest BCUT2D eigenvalue weighted by molar-refractivity contribution is 0.0690. The van der Waals surface area contributed by atoms with Crippen LogP contribution in [0.25, 0.3) is 0 Å². The monoisotopic (exact) mass is 291 g/mol. The summed E-state index contributed by atoms with van der Waals surface area (Å²) >= 11 is 1.46. The molecule has 2 heterocycles. The van der Waals surface area contributed by atoms with Gasteiger partial charge in [0.05, 0.1) is 17.3 Å². The molecule has 3 N–H and O–H groups in total. The summed E-state index contributed by atoms with van der Waals surface area (Å²) < 4.78 is 0. The molecule has 0 spiro atoms. The van der Waals surface area contributed by atoms with Crippen LogP contribution in [0.3, 0.4) is 0 Å². The van der Waals surface area contributed by atoms with Crippen LogP contribution >= 0.6 is 11.3 Å². The van der Waals surface area contributed by atoms with Gasteiger partial charge in [-0.3, -0.25) is 4.79 Å². The number of aromatic carboxylic acids is 1. The van der Waals surface area contributed by atoms with Gasteiger partial charge in [0.25, 0.3) is 5.91 Å². The number of H-pyrrole nitrogens is 1. The third-order valence-corrected chi connectivity index (χ3v) is 4.29. The molecule has 20 heavy (non-hydrogen) atoms.